The second-order valence-corrected chi connectivity index (χ2v) is 3.38. The highest BCUT2D eigenvalue weighted by Gasteiger charge is 2.04. The summed E-state index contributed by atoms with van der Waals surface area (Å²) in [5, 5.41) is 24.9. The monoisotopic (exact) mass is 199 g/mol. The van der Waals surface area contributed by atoms with E-state index >= 15 is 0 Å². The summed E-state index contributed by atoms with van der Waals surface area (Å²) in [5.74, 6) is 0. The van der Waals surface area contributed by atoms with Crippen LogP contribution in [-0.4, -0.2) is 39.2 Å². The third-order valence-corrected chi connectivity index (χ3v) is 2.02. The molecule has 1 aromatic heterocycles. The van der Waals surface area contributed by atoms with Crippen LogP contribution in [0.25, 0.3) is 0 Å². The molecule has 0 aliphatic carbocycles. The molecular formula is C9H17N3O2. The van der Waals surface area contributed by atoms with Crippen LogP contribution in [-0.2, 0) is 13.6 Å². The summed E-state index contributed by atoms with van der Waals surface area (Å²) in [6.07, 6.45) is 1.25. The van der Waals surface area contributed by atoms with Crippen molar-refractivity contribution in [2.24, 2.45) is 7.05 Å². The molecule has 0 saturated heterocycles. The van der Waals surface area contributed by atoms with Crippen molar-refractivity contribution in [3.63, 3.8) is 0 Å². The summed E-state index contributed by atoms with van der Waals surface area (Å²) in [7, 11) is 1.87. The van der Waals surface area contributed by atoms with Crippen LogP contribution in [0.15, 0.2) is 6.20 Å². The molecule has 0 aliphatic heterocycles. The Kier molecular flexibility index (Phi) is 4.06. The lowest BCUT2D eigenvalue weighted by Gasteiger charge is -2.07. The Morgan fingerprint density at radius 3 is 2.86 bits per heavy atom. The lowest BCUT2D eigenvalue weighted by atomic mass is 10.2. The van der Waals surface area contributed by atoms with Crippen molar-refractivity contribution in [3.05, 3.63) is 17.5 Å². The average Bonchev–Trinajstić information content (AvgIpc) is 2.45. The van der Waals surface area contributed by atoms with E-state index in [1.165, 1.54) is 0 Å². The molecule has 5 heteroatoms. The lowest BCUT2D eigenvalue weighted by Crippen LogP contribution is -2.29. The van der Waals surface area contributed by atoms with Gasteiger partial charge in [0.25, 0.3) is 0 Å². The summed E-state index contributed by atoms with van der Waals surface area (Å²) in [6, 6.07) is 0. The van der Waals surface area contributed by atoms with Crippen molar-refractivity contribution < 1.29 is 10.2 Å². The van der Waals surface area contributed by atoms with Crippen molar-refractivity contribution in [1.82, 2.24) is 15.1 Å². The predicted molar refractivity (Wildman–Crippen MR) is 52.7 cm³/mol. The molecule has 1 heterocycles. The first-order chi connectivity index (χ1) is 6.63. The minimum atomic E-state index is -0.688. The highest BCUT2D eigenvalue weighted by Crippen LogP contribution is 2.03. The molecule has 1 atom stereocenters. The van der Waals surface area contributed by atoms with Crippen molar-refractivity contribution in [2.75, 3.05) is 13.2 Å². The first kappa shape index (κ1) is 11.2. The SMILES string of the molecule is Cc1nn(C)cc1CNC[C@H](O)CO. The van der Waals surface area contributed by atoms with E-state index in [9.17, 15) is 0 Å². The fourth-order valence-electron chi connectivity index (χ4n) is 1.26. The fourth-order valence-corrected chi connectivity index (χ4v) is 1.26. The van der Waals surface area contributed by atoms with E-state index in [-0.39, 0.29) is 6.61 Å². The van der Waals surface area contributed by atoms with E-state index in [4.69, 9.17) is 10.2 Å². The quantitative estimate of drug-likeness (QED) is 0.579. The number of rotatable bonds is 5. The van der Waals surface area contributed by atoms with Crippen LogP contribution < -0.4 is 5.32 Å². The normalized spacial score (nSPS) is 13.1. The van der Waals surface area contributed by atoms with E-state index in [1.54, 1.807) is 4.68 Å². The van der Waals surface area contributed by atoms with Gasteiger partial charge in [-0.15, -0.1) is 0 Å². The Morgan fingerprint density at radius 1 is 1.64 bits per heavy atom. The maximum Gasteiger partial charge on any atom is 0.0895 e. The van der Waals surface area contributed by atoms with Crippen LogP contribution in [0.3, 0.4) is 0 Å². The van der Waals surface area contributed by atoms with Crippen LogP contribution in [0, 0.1) is 6.92 Å². The van der Waals surface area contributed by atoms with Crippen LogP contribution in [0.4, 0.5) is 0 Å². The summed E-state index contributed by atoms with van der Waals surface area (Å²) >= 11 is 0. The van der Waals surface area contributed by atoms with Gasteiger partial charge in [-0.3, -0.25) is 4.68 Å². The van der Waals surface area contributed by atoms with E-state index in [0.717, 1.165) is 11.3 Å². The second kappa shape index (κ2) is 5.09. The molecular weight excluding hydrogens is 182 g/mol. The predicted octanol–water partition coefficient (Wildman–Crippen LogP) is -0.829. The van der Waals surface area contributed by atoms with Crippen LogP contribution in [0.5, 0.6) is 0 Å². The van der Waals surface area contributed by atoms with Crippen molar-refractivity contribution in [3.8, 4) is 0 Å². The topological polar surface area (TPSA) is 70.3 Å². The molecule has 0 aliphatic rings. The lowest BCUT2D eigenvalue weighted by molar-refractivity contribution is 0.0942. The number of aromatic nitrogens is 2. The molecule has 0 unspecified atom stereocenters. The minimum Gasteiger partial charge on any atom is -0.394 e. The summed E-state index contributed by atoms with van der Waals surface area (Å²) in [5.41, 5.74) is 2.09. The van der Waals surface area contributed by atoms with Gasteiger partial charge >= 0.3 is 0 Å². The van der Waals surface area contributed by atoms with E-state index < -0.39 is 6.10 Å². The number of nitrogens with zero attached hydrogens (tertiary/aromatic N) is 2. The van der Waals surface area contributed by atoms with Crippen molar-refractivity contribution in [1.29, 1.82) is 0 Å². The molecule has 0 saturated carbocycles. The maximum atomic E-state index is 9.08. The first-order valence-electron chi connectivity index (χ1n) is 4.62. The third kappa shape index (κ3) is 3.10. The van der Waals surface area contributed by atoms with Crippen LogP contribution in [0.2, 0.25) is 0 Å². The standard InChI is InChI=1S/C9H17N3O2/c1-7-8(5-12(2)11-7)3-10-4-9(14)6-13/h5,9-10,13-14H,3-4,6H2,1-2H3/t9-/m0/s1. The van der Waals surface area contributed by atoms with Gasteiger partial charge in [-0.05, 0) is 6.92 Å². The number of aliphatic hydroxyl groups excluding tert-OH is 2. The highest BCUT2D eigenvalue weighted by molar-refractivity contribution is 5.14. The van der Waals surface area contributed by atoms with Gasteiger partial charge in [0.2, 0.25) is 0 Å². The summed E-state index contributed by atoms with van der Waals surface area (Å²) < 4.78 is 1.76. The van der Waals surface area contributed by atoms with Gasteiger partial charge in [0.15, 0.2) is 0 Å². The molecule has 0 spiro atoms. The zero-order valence-electron chi connectivity index (χ0n) is 8.56. The molecule has 1 aromatic rings. The molecule has 0 amide bonds. The first-order valence-corrected chi connectivity index (χ1v) is 4.62. The van der Waals surface area contributed by atoms with Gasteiger partial charge in [-0.2, -0.15) is 5.10 Å². The zero-order chi connectivity index (χ0) is 10.6. The van der Waals surface area contributed by atoms with Crippen molar-refractivity contribution >= 4 is 0 Å². The molecule has 0 aromatic carbocycles. The maximum absolute atomic E-state index is 9.08. The Balaban J connectivity index is 2.34. The Labute approximate surface area is 83.4 Å². The average molecular weight is 199 g/mol. The molecule has 14 heavy (non-hydrogen) atoms. The number of hydrogen-bond acceptors (Lipinski definition) is 4. The second-order valence-electron chi connectivity index (χ2n) is 3.38. The van der Waals surface area contributed by atoms with Gasteiger partial charge in [-0.1, -0.05) is 0 Å². The number of aryl methyl sites for hydroxylation is 2. The molecule has 0 fully saturated rings. The molecule has 80 valence electrons. The molecule has 0 radical (unpaired) electrons. The van der Waals surface area contributed by atoms with Gasteiger partial charge in [0.1, 0.15) is 0 Å². The van der Waals surface area contributed by atoms with Crippen LogP contribution >= 0.6 is 0 Å². The van der Waals surface area contributed by atoms with Crippen molar-refractivity contribution in [2.45, 2.75) is 19.6 Å². The number of nitrogens with one attached hydrogen (secondary N) is 1. The van der Waals surface area contributed by atoms with Gasteiger partial charge in [0, 0.05) is 31.9 Å². The molecule has 1 rings (SSSR count). The number of hydrogen-bond donors (Lipinski definition) is 3. The highest BCUT2D eigenvalue weighted by atomic mass is 16.3. The summed E-state index contributed by atoms with van der Waals surface area (Å²) in [6.45, 7) is 2.79. The fraction of sp³-hybridized carbons (Fsp3) is 0.667. The van der Waals surface area contributed by atoms with Gasteiger partial charge in [0.05, 0.1) is 18.4 Å². The Hall–Kier alpha value is -0.910. The Bertz CT molecular complexity index is 286. The zero-order valence-corrected chi connectivity index (χ0v) is 8.56. The number of aliphatic hydroxyl groups is 2. The van der Waals surface area contributed by atoms with E-state index in [2.05, 4.69) is 10.4 Å². The van der Waals surface area contributed by atoms with E-state index in [1.807, 2.05) is 20.2 Å². The molecule has 0 bridgehead atoms. The molecule has 5 nitrogen and oxygen atoms in total. The molecule has 3 N–H and O–H groups in total. The Morgan fingerprint density at radius 2 is 2.36 bits per heavy atom. The largest absolute Gasteiger partial charge is 0.394 e. The van der Waals surface area contributed by atoms with Gasteiger partial charge in [-0.25, -0.2) is 0 Å². The van der Waals surface area contributed by atoms with Crippen LogP contribution in [0.1, 0.15) is 11.3 Å². The smallest absolute Gasteiger partial charge is 0.0895 e. The summed E-state index contributed by atoms with van der Waals surface area (Å²) in [4.78, 5) is 0. The minimum absolute atomic E-state index is 0.209. The third-order valence-electron chi connectivity index (χ3n) is 2.02. The van der Waals surface area contributed by atoms with Gasteiger partial charge < -0.3 is 15.5 Å². The van der Waals surface area contributed by atoms with E-state index in [0.29, 0.717) is 13.1 Å².